The molecule has 8 bridgehead atoms. The van der Waals surface area contributed by atoms with Crippen molar-refractivity contribution in [3.05, 3.63) is 164 Å². The fraction of sp³-hybridized carbons (Fsp3) is 0.591. The molecule has 0 saturated carbocycles. The van der Waals surface area contributed by atoms with E-state index in [1.165, 1.54) is 0 Å². The number of esters is 4. The molecular formula is C88H136O16Si4. The first-order chi connectivity index (χ1) is 50.2. The number of unbranched alkanes of at least 4 members (excludes halogenated alkanes) is 4. The van der Waals surface area contributed by atoms with Gasteiger partial charge in [-0.3, -0.25) is 0 Å². The maximum absolute atomic E-state index is 14.2. The number of hydrogen-bond donors (Lipinski definition) is 0. The number of ether oxygens (including phenoxy) is 8. The van der Waals surface area contributed by atoms with Gasteiger partial charge in [-0.25, -0.2) is 19.2 Å². The second-order valence-electron chi connectivity index (χ2n) is 35.4. The van der Waals surface area contributed by atoms with Crippen molar-refractivity contribution < 1.29 is 74.8 Å². The molecule has 1 aliphatic carbocycles. The third-order valence-electron chi connectivity index (χ3n) is 22.0. The summed E-state index contributed by atoms with van der Waals surface area (Å²) < 4.78 is 79.4. The molecular weight excluding hydrogens is 1430 g/mol. The van der Waals surface area contributed by atoms with Crippen molar-refractivity contribution in [2.24, 2.45) is 0 Å². The molecule has 4 aromatic rings. The molecule has 0 atom stereocenters. The standard InChI is InChI=1S/C88H136O16Si4/c1-29-33-37-93-77-69-41-65(57-97-81(89)61(5)53-101-105(21,22)85(9,10)11)42-70(77)50-72-44-67(59-99-83(91)63(7)55-103-107(25,26)87(15,16)17)46-74(79(72)95-39-35-31-3)52-76-48-68(60-100-84(92)64(8)56-104-108(27,28)88(18,19)20)47-75(80(76)96-40-36-32-4)51-73-45-66(43-71(49-69)78(73)94-38-34-30-2)58-98-82(90)62(6)54-102-106(23,24)86(12,13)14/h41-48H,5-8,29-40,49-60H2,1-4,9-28H3. The Labute approximate surface area is 654 Å². The van der Waals surface area contributed by atoms with Crippen LogP contribution in [-0.2, 0) is 108 Å². The molecule has 0 spiro atoms. The summed E-state index contributed by atoms with van der Waals surface area (Å²) in [4.78, 5) is 56.8. The SMILES string of the molecule is C=C(CO[Si](C)(C)C(C)(C)C)C(=O)OCc1cc2c(OCCCC)c(c1)Cc1cc(COC(=O)C(=C)CO[Si](C)(C)C(C)(C)C)cc(c1OCCCC)Cc1cc(COC(=O)C(=C)CO[Si](C)(C)C(C)(C)C)cc(c1OCCCC)Cc1cc(COC(=O)C(=C)CO[Si](C)(C)C(C)(C)C)cc(c1OCCCC)C2. The highest BCUT2D eigenvalue weighted by Crippen LogP contribution is 2.44. The van der Waals surface area contributed by atoms with Crippen molar-refractivity contribution in [1.29, 1.82) is 0 Å². The van der Waals surface area contributed by atoms with Crippen LogP contribution in [0.4, 0.5) is 0 Å². The summed E-state index contributed by atoms with van der Waals surface area (Å²) in [5.74, 6) is 0.239. The van der Waals surface area contributed by atoms with Crippen molar-refractivity contribution in [3.63, 3.8) is 0 Å². The Bertz CT molecular complexity index is 3200. The second kappa shape index (κ2) is 40.2. The average molecular weight is 1560 g/mol. The van der Waals surface area contributed by atoms with Crippen LogP contribution in [-0.4, -0.2) is 110 Å². The van der Waals surface area contributed by atoms with Gasteiger partial charge in [-0.1, -0.05) is 163 Å². The zero-order valence-electron chi connectivity index (χ0n) is 70.9. The lowest BCUT2D eigenvalue weighted by Gasteiger charge is -2.36. The third kappa shape index (κ3) is 27.0. The van der Waals surface area contributed by atoms with Crippen molar-refractivity contribution in [1.82, 2.24) is 0 Å². The molecule has 20 heteroatoms. The molecule has 0 amide bonds. The van der Waals surface area contributed by atoms with Crippen molar-refractivity contribution in [3.8, 4) is 23.0 Å². The lowest BCUT2D eigenvalue weighted by molar-refractivity contribution is -0.141. The highest BCUT2D eigenvalue weighted by molar-refractivity contribution is 6.75. The van der Waals surface area contributed by atoms with Crippen LogP contribution in [0.15, 0.2) is 97.1 Å². The van der Waals surface area contributed by atoms with E-state index in [2.05, 4.69) is 189 Å². The first-order valence-electron chi connectivity index (χ1n) is 39.2. The number of fused-ring (bicyclic) bond motifs is 8. The summed E-state index contributed by atoms with van der Waals surface area (Å²) in [6.07, 6.45) is 7.41. The van der Waals surface area contributed by atoms with Gasteiger partial charge in [0.15, 0.2) is 33.3 Å². The number of benzene rings is 4. The molecule has 0 N–H and O–H groups in total. The topological polar surface area (TPSA) is 179 Å². The van der Waals surface area contributed by atoms with E-state index in [0.29, 0.717) is 71.7 Å². The quantitative estimate of drug-likeness (QED) is 0.0119. The Morgan fingerprint density at radius 1 is 0.306 bits per heavy atom. The van der Waals surface area contributed by atoms with Crippen molar-refractivity contribution in [2.45, 2.75) is 287 Å². The molecule has 4 aromatic carbocycles. The predicted molar refractivity (Wildman–Crippen MR) is 447 cm³/mol. The zero-order chi connectivity index (χ0) is 81.0. The Morgan fingerprint density at radius 3 is 0.602 bits per heavy atom. The monoisotopic (exact) mass is 1560 g/mol. The number of carbonyl (C=O) groups excluding carboxylic acids is 4. The lowest BCUT2D eigenvalue weighted by Crippen LogP contribution is -2.41. The van der Waals surface area contributed by atoms with Gasteiger partial charge in [0.25, 0.3) is 0 Å². The van der Waals surface area contributed by atoms with Crippen LogP contribution in [0.3, 0.4) is 0 Å². The average Bonchev–Trinajstić information content (AvgIpc) is 0.772. The first kappa shape index (κ1) is 92.2. The van der Waals surface area contributed by atoms with E-state index >= 15 is 0 Å². The van der Waals surface area contributed by atoms with Crippen LogP contribution < -0.4 is 18.9 Å². The molecule has 0 fully saturated rings. The first-order valence-corrected chi connectivity index (χ1v) is 50.9. The minimum absolute atomic E-state index is 0.0335. The van der Waals surface area contributed by atoms with E-state index < -0.39 is 57.1 Å². The smallest absolute Gasteiger partial charge is 0.336 e. The van der Waals surface area contributed by atoms with Crippen molar-refractivity contribution in [2.75, 3.05) is 52.9 Å². The Kier molecular flexibility index (Phi) is 34.3. The van der Waals surface area contributed by atoms with Gasteiger partial charge >= 0.3 is 23.9 Å². The molecule has 0 unspecified atom stereocenters. The van der Waals surface area contributed by atoms with Gasteiger partial charge in [0.05, 0.1) is 75.1 Å². The molecule has 108 heavy (non-hydrogen) atoms. The van der Waals surface area contributed by atoms with Gasteiger partial charge in [0, 0.05) is 25.7 Å². The molecule has 0 saturated heterocycles. The van der Waals surface area contributed by atoms with Crippen molar-refractivity contribution >= 4 is 57.1 Å². The molecule has 0 aromatic heterocycles. The summed E-state index contributed by atoms with van der Waals surface area (Å²) in [5, 5.41) is -0.394. The van der Waals surface area contributed by atoms with E-state index in [1.807, 2.05) is 48.5 Å². The third-order valence-corrected chi connectivity index (χ3v) is 39.9. The van der Waals surface area contributed by atoms with Gasteiger partial charge in [-0.05, 0) is 214 Å². The van der Waals surface area contributed by atoms with Crippen LogP contribution in [0.25, 0.3) is 0 Å². The molecule has 600 valence electrons. The fourth-order valence-electron chi connectivity index (χ4n) is 10.7. The largest absolute Gasteiger partial charge is 0.493 e. The number of carbonyl (C=O) groups is 4. The van der Waals surface area contributed by atoms with E-state index in [9.17, 15) is 19.2 Å². The van der Waals surface area contributed by atoms with Crippen LogP contribution in [0.2, 0.25) is 72.5 Å². The lowest BCUT2D eigenvalue weighted by atomic mass is 9.88. The number of hydrogen-bond acceptors (Lipinski definition) is 16. The van der Waals surface area contributed by atoms with Gasteiger partial charge in [0.2, 0.25) is 0 Å². The van der Waals surface area contributed by atoms with Crippen LogP contribution in [0, 0.1) is 0 Å². The van der Waals surface area contributed by atoms with Crippen LogP contribution in [0.5, 0.6) is 23.0 Å². The predicted octanol–water partition coefficient (Wildman–Crippen LogP) is 21.6. The normalized spacial score (nSPS) is 13.1. The highest BCUT2D eigenvalue weighted by atomic mass is 28.4. The molecule has 16 nitrogen and oxygen atoms in total. The summed E-state index contributed by atoms with van der Waals surface area (Å²) >= 11 is 0. The maximum atomic E-state index is 14.2. The molecule has 1 aliphatic rings. The zero-order valence-corrected chi connectivity index (χ0v) is 74.9. The van der Waals surface area contributed by atoms with Gasteiger partial charge in [-0.2, -0.15) is 0 Å². The second-order valence-corrected chi connectivity index (χ2v) is 54.6. The van der Waals surface area contributed by atoms with E-state index in [4.69, 9.17) is 55.6 Å². The fourth-order valence-corrected chi connectivity index (χ4v) is 14.6. The Hall–Kier alpha value is -6.37. The molecule has 0 aliphatic heterocycles. The van der Waals surface area contributed by atoms with E-state index in [-0.39, 0.29) is 121 Å². The minimum Gasteiger partial charge on any atom is -0.493 e. The Morgan fingerprint density at radius 2 is 0.463 bits per heavy atom. The van der Waals surface area contributed by atoms with Gasteiger partial charge < -0.3 is 55.6 Å². The molecule has 0 radical (unpaired) electrons. The molecule has 5 rings (SSSR count). The highest BCUT2D eigenvalue weighted by Gasteiger charge is 2.41. The van der Waals surface area contributed by atoms with E-state index in [0.717, 1.165) is 95.9 Å². The molecule has 0 heterocycles. The van der Waals surface area contributed by atoms with Gasteiger partial charge in [0.1, 0.15) is 49.4 Å². The summed E-state index contributed by atoms with van der Waals surface area (Å²) in [5.41, 5.74) is 9.83. The minimum atomic E-state index is -2.27. The summed E-state index contributed by atoms with van der Waals surface area (Å²) in [6, 6.07) is 16.3. The van der Waals surface area contributed by atoms with Crippen LogP contribution >= 0.6 is 0 Å². The number of rotatable bonds is 40. The summed E-state index contributed by atoms with van der Waals surface area (Å²) in [6.45, 7) is 69.3. The summed E-state index contributed by atoms with van der Waals surface area (Å²) in [7, 11) is -9.09. The van der Waals surface area contributed by atoms with E-state index in [1.54, 1.807) is 0 Å². The Balaban J connectivity index is 1.93. The maximum Gasteiger partial charge on any atom is 0.336 e. The van der Waals surface area contributed by atoms with Gasteiger partial charge in [-0.15, -0.1) is 0 Å². The van der Waals surface area contributed by atoms with Crippen LogP contribution in [0.1, 0.15) is 229 Å².